The van der Waals surface area contributed by atoms with E-state index in [1.165, 1.54) is 12.0 Å². The van der Waals surface area contributed by atoms with E-state index in [1.54, 1.807) is 0 Å². The number of nitrogens with zero attached hydrogens (tertiary/aromatic N) is 1. The Morgan fingerprint density at radius 2 is 2.29 bits per heavy atom. The largest absolute Gasteiger partial charge is 0.480 e. The average Bonchev–Trinajstić information content (AvgIpc) is 2.63. The molecular formula is C10H16N2O5. The summed E-state index contributed by atoms with van der Waals surface area (Å²) in [5, 5.41) is 11.1. The van der Waals surface area contributed by atoms with Crippen molar-refractivity contribution in [2.45, 2.75) is 18.9 Å². The van der Waals surface area contributed by atoms with Gasteiger partial charge in [-0.2, -0.15) is 0 Å². The van der Waals surface area contributed by atoms with Crippen molar-refractivity contribution in [2.24, 2.45) is 0 Å². The Morgan fingerprint density at radius 3 is 2.76 bits per heavy atom. The zero-order chi connectivity index (χ0) is 12.8. The summed E-state index contributed by atoms with van der Waals surface area (Å²) < 4.78 is 4.68. The van der Waals surface area contributed by atoms with Crippen LogP contribution in [0.15, 0.2) is 0 Å². The third kappa shape index (κ3) is 4.03. The minimum atomic E-state index is -1.16. The summed E-state index contributed by atoms with van der Waals surface area (Å²) in [5.41, 5.74) is 0. The van der Waals surface area contributed by atoms with Crippen LogP contribution in [0.4, 0.5) is 0 Å². The first kappa shape index (κ1) is 13.4. The van der Waals surface area contributed by atoms with Gasteiger partial charge >= 0.3 is 5.97 Å². The molecule has 0 aromatic carbocycles. The number of ether oxygens (including phenoxy) is 1. The van der Waals surface area contributed by atoms with E-state index < -0.39 is 17.9 Å². The second-order valence-electron chi connectivity index (χ2n) is 3.83. The molecule has 1 aliphatic rings. The Balaban J connectivity index is 2.41. The number of aliphatic carboxylic acids is 1. The van der Waals surface area contributed by atoms with Gasteiger partial charge in [-0.25, -0.2) is 4.79 Å². The van der Waals surface area contributed by atoms with Crippen LogP contribution >= 0.6 is 0 Å². The molecule has 1 aliphatic heterocycles. The first-order valence-electron chi connectivity index (χ1n) is 5.33. The van der Waals surface area contributed by atoms with E-state index in [-0.39, 0.29) is 19.1 Å². The molecule has 7 nitrogen and oxygen atoms in total. The SMILES string of the molecule is COCC(NC(=O)CN1CCCC1=O)C(=O)O. The number of nitrogens with one attached hydrogen (secondary N) is 1. The predicted molar refractivity (Wildman–Crippen MR) is 57.3 cm³/mol. The van der Waals surface area contributed by atoms with Crippen LogP contribution < -0.4 is 5.32 Å². The molecule has 1 heterocycles. The molecule has 1 saturated heterocycles. The van der Waals surface area contributed by atoms with Gasteiger partial charge in [-0.3, -0.25) is 9.59 Å². The molecule has 2 N–H and O–H groups in total. The Kier molecular flexibility index (Phi) is 4.89. The molecule has 17 heavy (non-hydrogen) atoms. The third-order valence-electron chi connectivity index (χ3n) is 2.47. The summed E-state index contributed by atoms with van der Waals surface area (Å²) in [5.74, 6) is -1.71. The Hall–Kier alpha value is -1.63. The van der Waals surface area contributed by atoms with Crippen LogP contribution in [0.3, 0.4) is 0 Å². The smallest absolute Gasteiger partial charge is 0.328 e. The molecule has 1 fully saturated rings. The number of carbonyl (C=O) groups excluding carboxylic acids is 2. The summed E-state index contributed by atoms with van der Waals surface area (Å²) in [6, 6.07) is -1.08. The molecule has 0 radical (unpaired) electrons. The highest BCUT2D eigenvalue weighted by Gasteiger charge is 2.25. The van der Waals surface area contributed by atoms with E-state index in [1.807, 2.05) is 0 Å². The van der Waals surface area contributed by atoms with Gasteiger partial charge in [0.25, 0.3) is 0 Å². The van der Waals surface area contributed by atoms with Crippen molar-refractivity contribution in [1.82, 2.24) is 10.2 Å². The molecule has 2 amide bonds. The summed E-state index contributed by atoms with van der Waals surface area (Å²) in [6.45, 7) is 0.357. The lowest BCUT2D eigenvalue weighted by molar-refractivity contribution is -0.143. The Morgan fingerprint density at radius 1 is 1.59 bits per heavy atom. The van der Waals surface area contributed by atoms with Gasteiger partial charge in [-0.1, -0.05) is 0 Å². The number of carboxylic acid groups (broad SMARTS) is 1. The standard InChI is InChI=1S/C10H16N2O5/c1-17-6-7(10(15)16)11-8(13)5-12-4-2-3-9(12)14/h7H,2-6H2,1H3,(H,11,13)(H,15,16). The zero-order valence-corrected chi connectivity index (χ0v) is 9.64. The molecular weight excluding hydrogens is 228 g/mol. The van der Waals surface area contributed by atoms with Gasteiger partial charge in [0.15, 0.2) is 6.04 Å². The number of likely N-dealkylation sites (tertiary alicyclic amines) is 1. The predicted octanol–water partition coefficient (Wildman–Crippen LogP) is -1.18. The molecule has 0 aromatic rings. The Bertz CT molecular complexity index is 318. The first-order valence-corrected chi connectivity index (χ1v) is 5.33. The van der Waals surface area contributed by atoms with Gasteiger partial charge in [-0.15, -0.1) is 0 Å². The molecule has 1 unspecified atom stereocenters. The van der Waals surface area contributed by atoms with Crippen molar-refractivity contribution in [2.75, 3.05) is 26.8 Å². The maximum Gasteiger partial charge on any atom is 0.328 e. The minimum Gasteiger partial charge on any atom is -0.480 e. The van der Waals surface area contributed by atoms with Gasteiger partial charge < -0.3 is 20.1 Å². The van der Waals surface area contributed by atoms with E-state index in [2.05, 4.69) is 10.1 Å². The third-order valence-corrected chi connectivity index (χ3v) is 2.47. The fourth-order valence-electron chi connectivity index (χ4n) is 1.63. The van der Waals surface area contributed by atoms with Gasteiger partial charge in [-0.05, 0) is 6.42 Å². The number of rotatable bonds is 6. The van der Waals surface area contributed by atoms with Gasteiger partial charge in [0, 0.05) is 20.1 Å². The van der Waals surface area contributed by atoms with E-state index >= 15 is 0 Å². The lowest BCUT2D eigenvalue weighted by Gasteiger charge is -2.18. The van der Waals surface area contributed by atoms with Crippen molar-refractivity contribution in [3.8, 4) is 0 Å². The molecule has 7 heteroatoms. The van der Waals surface area contributed by atoms with Crippen LogP contribution in [-0.2, 0) is 19.1 Å². The molecule has 0 aromatic heterocycles. The average molecular weight is 244 g/mol. The quantitative estimate of drug-likeness (QED) is 0.613. The van der Waals surface area contributed by atoms with Crippen LogP contribution in [0.2, 0.25) is 0 Å². The van der Waals surface area contributed by atoms with Gasteiger partial charge in [0.05, 0.1) is 13.2 Å². The number of amides is 2. The molecule has 96 valence electrons. The van der Waals surface area contributed by atoms with Crippen LogP contribution in [0.1, 0.15) is 12.8 Å². The van der Waals surface area contributed by atoms with E-state index in [0.717, 1.165) is 6.42 Å². The normalized spacial score (nSPS) is 17.0. The fourth-order valence-corrected chi connectivity index (χ4v) is 1.63. The number of carbonyl (C=O) groups is 3. The minimum absolute atomic E-state index is 0.0706. The van der Waals surface area contributed by atoms with E-state index in [9.17, 15) is 14.4 Å². The number of hydrogen-bond donors (Lipinski definition) is 2. The van der Waals surface area contributed by atoms with Crippen molar-refractivity contribution >= 4 is 17.8 Å². The second-order valence-corrected chi connectivity index (χ2v) is 3.83. The highest BCUT2D eigenvalue weighted by molar-refractivity contribution is 5.88. The molecule has 0 bridgehead atoms. The summed E-state index contributed by atoms with van der Waals surface area (Å²) >= 11 is 0. The second kappa shape index (κ2) is 6.19. The molecule has 0 saturated carbocycles. The van der Waals surface area contributed by atoms with Crippen LogP contribution in [0, 0.1) is 0 Å². The molecule has 1 atom stereocenters. The van der Waals surface area contributed by atoms with Crippen LogP contribution in [0.25, 0.3) is 0 Å². The number of methoxy groups -OCH3 is 1. The number of carboxylic acids is 1. The summed E-state index contributed by atoms with van der Waals surface area (Å²) in [4.78, 5) is 34.9. The van der Waals surface area contributed by atoms with E-state index in [4.69, 9.17) is 5.11 Å². The van der Waals surface area contributed by atoms with Crippen molar-refractivity contribution in [3.05, 3.63) is 0 Å². The highest BCUT2D eigenvalue weighted by atomic mass is 16.5. The van der Waals surface area contributed by atoms with Gasteiger partial charge in [0.2, 0.25) is 11.8 Å². The lowest BCUT2D eigenvalue weighted by Crippen LogP contribution is -2.47. The van der Waals surface area contributed by atoms with E-state index in [0.29, 0.717) is 13.0 Å². The van der Waals surface area contributed by atoms with Crippen LogP contribution in [-0.4, -0.2) is 60.6 Å². The van der Waals surface area contributed by atoms with Crippen molar-refractivity contribution in [3.63, 3.8) is 0 Å². The van der Waals surface area contributed by atoms with Gasteiger partial charge in [0.1, 0.15) is 0 Å². The Labute approximate surface area is 98.7 Å². The maximum absolute atomic E-state index is 11.5. The fraction of sp³-hybridized carbons (Fsp3) is 0.700. The number of hydrogen-bond acceptors (Lipinski definition) is 4. The monoisotopic (exact) mass is 244 g/mol. The molecule has 0 aliphatic carbocycles. The highest BCUT2D eigenvalue weighted by Crippen LogP contribution is 2.08. The summed E-state index contributed by atoms with van der Waals surface area (Å²) in [6.07, 6.45) is 1.19. The summed E-state index contributed by atoms with van der Waals surface area (Å²) in [7, 11) is 1.35. The molecule has 0 spiro atoms. The lowest BCUT2D eigenvalue weighted by atomic mass is 10.3. The molecule has 1 rings (SSSR count). The zero-order valence-electron chi connectivity index (χ0n) is 9.64. The topological polar surface area (TPSA) is 95.9 Å². The van der Waals surface area contributed by atoms with Crippen molar-refractivity contribution in [1.29, 1.82) is 0 Å². The first-order chi connectivity index (χ1) is 8.04. The van der Waals surface area contributed by atoms with Crippen LogP contribution in [0.5, 0.6) is 0 Å². The van der Waals surface area contributed by atoms with Crippen molar-refractivity contribution < 1.29 is 24.2 Å². The maximum atomic E-state index is 11.5.